The van der Waals surface area contributed by atoms with Gasteiger partial charge in [-0.1, -0.05) is 12.1 Å². The van der Waals surface area contributed by atoms with Crippen LogP contribution in [0.1, 0.15) is 30.9 Å². The van der Waals surface area contributed by atoms with Gasteiger partial charge in [0, 0.05) is 17.5 Å². The molecular formula is C23H24BN4O6. The molecule has 2 heterocycles. The molecule has 11 heteroatoms. The third kappa shape index (κ3) is 4.83. The van der Waals surface area contributed by atoms with Crippen molar-refractivity contribution in [2.75, 3.05) is 6.54 Å². The molecule has 2 unspecified atom stereocenters. The minimum absolute atomic E-state index is 0.125. The highest BCUT2D eigenvalue weighted by molar-refractivity contribution is 6.22. The first kappa shape index (κ1) is 23.2. The van der Waals surface area contributed by atoms with Crippen LogP contribution in [-0.2, 0) is 25.6 Å². The maximum Gasteiger partial charge on any atom is 0.658 e. The molecule has 0 saturated carbocycles. The third-order valence-electron chi connectivity index (χ3n) is 5.84. The van der Waals surface area contributed by atoms with Crippen LogP contribution < -0.4 is 31.0 Å². The standard InChI is InChI=1S/C23H24BN4O6/c1-11-14-4-6-19-16(9-14)15-7-13(3-5-18(15)33-24-34-19)8-17(23(32)26-10-20(25)29)28-22(31)12(2)27-21(11)30/h3-7,9,11-12,17H,8,10H2,1-2H3,(H2,25,29)(H,26,32)(H,27,30)(H,28,31)/t11?,12-,17?/m0/s1. The van der Waals surface area contributed by atoms with E-state index in [-0.39, 0.29) is 18.9 Å². The van der Waals surface area contributed by atoms with E-state index in [0.717, 1.165) is 16.7 Å². The average Bonchev–Trinajstić information content (AvgIpc) is 2.99. The van der Waals surface area contributed by atoms with Crippen LogP contribution in [0, 0.1) is 0 Å². The lowest BCUT2D eigenvalue weighted by atomic mass is 9.92. The van der Waals surface area contributed by atoms with E-state index in [0.29, 0.717) is 17.1 Å². The molecule has 0 aliphatic carbocycles. The van der Waals surface area contributed by atoms with E-state index in [1.54, 1.807) is 31.2 Å². The molecule has 175 valence electrons. The number of fused-ring (bicyclic) bond motifs is 2. The fourth-order valence-electron chi connectivity index (χ4n) is 3.87. The molecule has 0 aromatic heterocycles. The maximum atomic E-state index is 12.9. The normalized spacial score (nSPS) is 21.4. The van der Waals surface area contributed by atoms with Gasteiger partial charge in [-0.3, -0.25) is 19.2 Å². The van der Waals surface area contributed by atoms with E-state index in [2.05, 4.69) is 16.0 Å². The summed E-state index contributed by atoms with van der Waals surface area (Å²) >= 11 is 0. The van der Waals surface area contributed by atoms with Crippen molar-refractivity contribution in [1.82, 2.24) is 16.0 Å². The quantitative estimate of drug-likeness (QED) is 0.468. The topological polar surface area (TPSA) is 149 Å². The lowest BCUT2D eigenvalue weighted by Gasteiger charge is -2.23. The smallest absolute Gasteiger partial charge is 0.526 e. The molecule has 2 aromatic carbocycles. The van der Waals surface area contributed by atoms with Crippen molar-refractivity contribution >= 4 is 31.3 Å². The molecule has 2 aromatic rings. The number of nitrogens with one attached hydrogen (secondary N) is 3. The van der Waals surface area contributed by atoms with E-state index in [1.165, 1.54) is 14.6 Å². The van der Waals surface area contributed by atoms with Crippen LogP contribution in [-0.4, -0.2) is 49.9 Å². The Labute approximate surface area is 196 Å². The molecule has 1 radical (unpaired) electrons. The molecule has 0 spiro atoms. The van der Waals surface area contributed by atoms with Gasteiger partial charge in [0.2, 0.25) is 23.6 Å². The second-order valence-corrected chi connectivity index (χ2v) is 8.32. The van der Waals surface area contributed by atoms with Crippen molar-refractivity contribution in [2.24, 2.45) is 5.73 Å². The monoisotopic (exact) mass is 463 g/mol. The van der Waals surface area contributed by atoms with Gasteiger partial charge in [-0.2, -0.15) is 0 Å². The number of hydrogen-bond donors (Lipinski definition) is 4. The molecule has 2 aliphatic heterocycles. The molecular weight excluding hydrogens is 439 g/mol. The SMILES string of the molecule is CC1C(=O)N[C@@H](C)C(=O)NC(C(=O)NCC(N)=O)Cc2ccc3c(c2)-c2cc1ccc2O[B]O3. The lowest BCUT2D eigenvalue weighted by Crippen LogP contribution is -2.54. The van der Waals surface area contributed by atoms with E-state index in [4.69, 9.17) is 15.0 Å². The zero-order valence-electron chi connectivity index (χ0n) is 18.7. The highest BCUT2D eigenvalue weighted by atomic mass is 16.6. The molecule has 5 N–H and O–H groups in total. The minimum Gasteiger partial charge on any atom is -0.526 e. The van der Waals surface area contributed by atoms with Gasteiger partial charge in [-0.05, 0) is 49.2 Å². The second-order valence-electron chi connectivity index (χ2n) is 8.32. The largest absolute Gasteiger partial charge is 0.658 e. The summed E-state index contributed by atoms with van der Waals surface area (Å²) in [6.07, 6.45) is 0.125. The summed E-state index contributed by atoms with van der Waals surface area (Å²) in [7, 11) is 1.23. The first-order valence-electron chi connectivity index (χ1n) is 10.8. The van der Waals surface area contributed by atoms with Gasteiger partial charge in [0.1, 0.15) is 23.6 Å². The maximum absolute atomic E-state index is 12.9. The van der Waals surface area contributed by atoms with E-state index in [1.807, 2.05) is 12.1 Å². The van der Waals surface area contributed by atoms with Gasteiger partial charge in [0.15, 0.2) is 0 Å². The van der Waals surface area contributed by atoms with Gasteiger partial charge in [0.25, 0.3) is 0 Å². The van der Waals surface area contributed by atoms with Crippen molar-refractivity contribution in [3.8, 4) is 22.6 Å². The molecule has 2 aliphatic rings. The Morgan fingerprint density at radius 2 is 1.71 bits per heavy atom. The molecule has 4 amide bonds. The lowest BCUT2D eigenvalue weighted by molar-refractivity contribution is -0.132. The zero-order chi connectivity index (χ0) is 24.4. The summed E-state index contributed by atoms with van der Waals surface area (Å²) in [5, 5.41) is 7.79. The number of nitrogens with two attached hydrogens (primary N) is 1. The molecule has 4 rings (SSSR count). The number of hydrogen-bond acceptors (Lipinski definition) is 6. The fraction of sp³-hybridized carbons (Fsp3) is 0.304. The number of carbonyl (C=O) groups excluding carboxylic acids is 4. The zero-order valence-corrected chi connectivity index (χ0v) is 18.7. The Morgan fingerprint density at radius 3 is 2.41 bits per heavy atom. The summed E-state index contributed by atoms with van der Waals surface area (Å²) in [5.74, 6) is -1.63. The van der Waals surface area contributed by atoms with Crippen molar-refractivity contribution < 1.29 is 28.5 Å². The molecule has 4 bridgehead atoms. The van der Waals surface area contributed by atoms with Crippen molar-refractivity contribution in [3.63, 3.8) is 0 Å². The predicted octanol–water partition coefficient (Wildman–Crippen LogP) is -0.0904. The Hall–Kier alpha value is -4.02. The fourth-order valence-corrected chi connectivity index (χ4v) is 3.87. The minimum atomic E-state index is -1.01. The first-order valence-corrected chi connectivity index (χ1v) is 10.8. The first-order chi connectivity index (χ1) is 16.2. The van der Waals surface area contributed by atoms with Crippen molar-refractivity contribution in [2.45, 2.75) is 38.3 Å². The number of amides is 4. The Balaban J connectivity index is 1.80. The van der Waals surface area contributed by atoms with Gasteiger partial charge >= 0.3 is 7.69 Å². The summed E-state index contributed by atoms with van der Waals surface area (Å²) < 4.78 is 11.2. The average molecular weight is 463 g/mol. The number of primary amides is 1. The van der Waals surface area contributed by atoms with Crippen LogP contribution in [0.4, 0.5) is 0 Å². The molecule has 0 saturated heterocycles. The number of carbonyl (C=O) groups is 4. The molecule has 10 nitrogen and oxygen atoms in total. The van der Waals surface area contributed by atoms with Gasteiger partial charge < -0.3 is 31.0 Å². The predicted molar refractivity (Wildman–Crippen MR) is 123 cm³/mol. The summed E-state index contributed by atoms with van der Waals surface area (Å²) in [6, 6.07) is 8.89. The Kier molecular flexibility index (Phi) is 6.44. The van der Waals surface area contributed by atoms with E-state index in [9.17, 15) is 19.2 Å². The molecule has 0 fully saturated rings. The number of rotatable bonds is 3. The van der Waals surface area contributed by atoms with Gasteiger partial charge in [-0.15, -0.1) is 0 Å². The highest BCUT2D eigenvalue weighted by Crippen LogP contribution is 2.40. The van der Waals surface area contributed by atoms with Crippen LogP contribution >= 0.6 is 0 Å². The Morgan fingerprint density at radius 1 is 1.03 bits per heavy atom. The van der Waals surface area contributed by atoms with E-state index >= 15 is 0 Å². The van der Waals surface area contributed by atoms with Crippen molar-refractivity contribution in [1.29, 1.82) is 0 Å². The highest BCUT2D eigenvalue weighted by Gasteiger charge is 2.28. The number of benzene rings is 2. The third-order valence-corrected chi connectivity index (χ3v) is 5.84. The second kappa shape index (κ2) is 9.46. The molecule has 34 heavy (non-hydrogen) atoms. The summed E-state index contributed by atoms with van der Waals surface area (Å²) in [4.78, 5) is 49.6. The van der Waals surface area contributed by atoms with Crippen LogP contribution in [0.15, 0.2) is 36.4 Å². The van der Waals surface area contributed by atoms with Crippen LogP contribution in [0.25, 0.3) is 11.1 Å². The van der Waals surface area contributed by atoms with Crippen LogP contribution in [0.2, 0.25) is 0 Å². The summed E-state index contributed by atoms with van der Waals surface area (Å²) in [5.41, 5.74) is 8.06. The van der Waals surface area contributed by atoms with Gasteiger partial charge in [0.05, 0.1) is 12.5 Å². The van der Waals surface area contributed by atoms with Crippen LogP contribution in [0.5, 0.6) is 11.5 Å². The van der Waals surface area contributed by atoms with Crippen molar-refractivity contribution in [3.05, 3.63) is 47.5 Å². The molecule has 3 atom stereocenters. The summed E-state index contributed by atoms with van der Waals surface area (Å²) in [6.45, 7) is 2.91. The van der Waals surface area contributed by atoms with Gasteiger partial charge in [-0.25, -0.2) is 0 Å². The van der Waals surface area contributed by atoms with Crippen LogP contribution in [0.3, 0.4) is 0 Å². The Bertz CT molecular complexity index is 1170. The van der Waals surface area contributed by atoms with E-state index < -0.39 is 35.7 Å².